The molecule has 0 saturated carbocycles. The smallest absolute Gasteiger partial charge is 0.407 e. The molecule has 0 heterocycles. The van der Waals surface area contributed by atoms with Crippen molar-refractivity contribution >= 4 is 24.1 Å². The van der Waals surface area contributed by atoms with Crippen LogP contribution < -0.4 is 10.6 Å². The third-order valence-corrected chi connectivity index (χ3v) is 2.15. The summed E-state index contributed by atoms with van der Waals surface area (Å²) in [6, 6.07) is -1.45. The highest BCUT2D eigenvalue weighted by Gasteiger charge is 2.24. The van der Waals surface area contributed by atoms with Gasteiger partial charge in [0.1, 0.15) is 12.6 Å². The molecule has 0 aliphatic carbocycles. The summed E-state index contributed by atoms with van der Waals surface area (Å²) in [5.41, 5.74) is 0. The van der Waals surface area contributed by atoms with Crippen molar-refractivity contribution in [1.82, 2.24) is 10.6 Å². The fraction of sp³-hybridized carbons (Fsp3) is 0.667. The third-order valence-electron chi connectivity index (χ3n) is 2.15. The lowest BCUT2D eigenvalue weighted by Crippen LogP contribution is -2.43. The minimum atomic E-state index is -1.45. The van der Waals surface area contributed by atoms with Crippen LogP contribution in [0, 0.1) is 0 Å². The molecule has 0 aliphatic rings. The summed E-state index contributed by atoms with van der Waals surface area (Å²) in [5.74, 6) is -2.23. The van der Waals surface area contributed by atoms with Gasteiger partial charge in [-0.05, 0) is 13.8 Å². The number of hydrogen-bond acceptors (Lipinski definition) is 7. The molecule has 0 aromatic rings. The molecule has 22 heavy (non-hydrogen) atoms. The van der Waals surface area contributed by atoms with Crippen LogP contribution in [-0.4, -0.2) is 61.6 Å². The van der Waals surface area contributed by atoms with Crippen molar-refractivity contribution in [1.29, 1.82) is 0 Å². The van der Waals surface area contributed by atoms with Crippen molar-refractivity contribution in [2.24, 2.45) is 0 Å². The van der Waals surface area contributed by atoms with Crippen LogP contribution in [0.3, 0.4) is 0 Å². The van der Waals surface area contributed by atoms with Crippen LogP contribution in [0.15, 0.2) is 0 Å². The average Bonchev–Trinajstić information content (AvgIpc) is 2.43. The quantitative estimate of drug-likeness (QED) is 0.303. The summed E-state index contributed by atoms with van der Waals surface area (Å²) >= 11 is 0. The molecule has 0 bridgehead atoms. The predicted octanol–water partition coefficient (Wildman–Crippen LogP) is -0.135. The lowest BCUT2D eigenvalue weighted by molar-refractivity contribution is -0.149. The predicted molar refractivity (Wildman–Crippen MR) is 72.2 cm³/mol. The maximum Gasteiger partial charge on any atom is 0.407 e. The summed E-state index contributed by atoms with van der Waals surface area (Å²) in [6.07, 6.45) is -2.15. The van der Waals surface area contributed by atoms with E-state index in [0.29, 0.717) is 0 Å². The first-order chi connectivity index (χ1) is 10.4. The molecule has 3 N–H and O–H groups in total. The highest BCUT2D eigenvalue weighted by molar-refractivity contribution is 5.85. The third kappa shape index (κ3) is 9.39. The van der Waals surface area contributed by atoms with Crippen LogP contribution in [0.5, 0.6) is 0 Å². The second kappa shape index (κ2) is 11.2. The van der Waals surface area contributed by atoms with E-state index in [4.69, 9.17) is 9.84 Å². The Morgan fingerprint density at radius 2 is 1.59 bits per heavy atom. The number of aliphatic carboxylic acids is 1. The van der Waals surface area contributed by atoms with Gasteiger partial charge in [-0.15, -0.1) is 0 Å². The van der Waals surface area contributed by atoms with E-state index in [-0.39, 0.29) is 26.4 Å². The second-order valence-corrected chi connectivity index (χ2v) is 3.83. The number of ether oxygens (including phenoxy) is 3. The molecule has 0 aromatic heterocycles. The summed E-state index contributed by atoms with van der Waals surface area (Å²) in [5, 5.41) is 13.2. The number of carboxylic acids is 1. The van der Waals surface area contributed by atoms with Gasteiger partial charge in [0.2, 0.25) is 0 Å². The van der Waals surface area contributed by atoms with Gasteiger partial charge in [-0.25, -0.2) is 14.4 Å². The fourth-order valence-corrected chi connectivity index (χ4v) is 1.24. The molecular weight excluding hydrogens is 300 g/mol. The summed E-state index contributed by atoms with van der Waals surface area (Å²) < 4.78 is 13.8. The summed E-state index contributed by atoms with van der Waals surface area (Å²) in [6.45, 7) is 3.35. The number of alkyl carbamates (subject to hydrolysis) is 2. The van der Waals surface area contributed by atoms with Gasteiger partial charge in [0.15, 0.2) is 0 Å². The Balaban J connectivity index is 4.06. The van der Waals surface area contributed by atoms with Gasteiger partial charge in [-0.3, -0.25) is 4.79 Å². The highest BCUT2D eigenvalue weighted by Crippen LogP contribution is 1.97. The number of carbonyl (C=O) groups is 4. The number of hydrogen-bond donors (Lipinski definition) is 3. The zero-order valence-electron chi connectivity index (χ0n) is 12.4. The van der Waals surface area contributed by atoms with Crippen molar-refractivity contribution in [3.8, 4) is 0 Å². The SMILES string of the molecule is CCOC(=O)NCCOC(=O)CC(NC(=O)OCC)C(=O)O. The monoisotopic (exact) mass is 320 g/mol. The first-order valence-corrected chi connectivity index (χ1v) is 6.63. The molecule has 0 radical (unpaired) electrons. The number of esters is 1. The number of carbonyl (C=O) groups excluding carboxylic acids is 3. The Kier molecular flexibility index (Phi) is 9.89. The standard InChI is InChI=1S/C12H20N2O8/c1-3-20-11(18)13-5-6-22-9(15)7-8(10(16)17)14-12(19)21-4-2/h8H,3-7H2,1-2H3,(H,13,18)(H,14,19)(H,16,17). The molecule has 0 spiro atoms. The van der Waals surface area contributed by atoms with E-state index in [1.54, 1.807) is 13.8 Å². The molecular formula is C12H20N2O8. The van der Waals surface area contributed by atoms with E-state index in [2.05, 4.69) is 14.8 Å². The average molecular weight is 320 g/mol. The van der Waals surface area contributed by atoms with E-state index in [1.807, 2.05) is 5.32 Å². The Hall–Kier alpha value is -2.52. The summed E-state index contributed by atoms with van der Waals surface area (Å²) in [7, 11) is 0. The van der Waals surface area contributed by atoms with Gasteiger partial charge in [-0.2, -0.15) is 0 Å². The molecule has 10 heteroatoms. The Morgan fingerprint density at radius 3 is 2.14 bits per heavy atom. The molecule has 0 fully saturated rings. The maximum atomic E-state index is 11.4. The Morgan fingerprint density at radius 1 is 1.00 bits per heavy atom. The number of carboxylic acid groups (broad SMARTS) is 1. The minimum absolute atomic E-state index is 0.0214. The lowest BCUT2D eigenvalue weighted by Gasteiger charge is -2.13. The maximum absolute atomic E-state index is 11.4. The molecule has 1 atom stereocenters. The van der Waals surface area contributed by atoms with Crippen LogP contribution in [-0.2, 0) is 23.8 Å². The minimum Gasteiger partial charge on any atom is -0.480 e. The van der Waals surface area contributed by atoms with Crippen molar-refractivity contribution in [2.45, 2.75) is 26.3 Å². The molecule has 0 aromatic carbocycles. The van der Waals surface area contributed by atoms with Crippen LogP contribution in [0.25, 0.3) is 0 Å². The van der Waals surface area contributed by atoms with Crippen LogP contribution >= 0.6 is 0 Å². The van der Waals surface area contributed by atoms with Gasteiger partial charge >= 0.3 is 24.1 Å². The van der Waals surface area contributed by atoms with Gasteiger partial charge in [0.05, 0.1) is 26.2 Å². The molecule has 0 rings (SSSR count). The molecule has 126 valence electrons. The van der Waals surface area contributed by atoms with E-state index in [1.165, 1.54) is 0 Å². The van der Waals surface area contributed by atoms with Crippen LogP contribution in [0.4, 0.5) is 9.59 Å². The van der Waals surface area contributed by atoms with Crippen molar-refractivity contribution in [3.63, 3.8) is 0 Å². The van der Waals surface area contributed by atoms with Gasteiger partial charge in [0.25, 0.3) is 0 Å². The number of nitrogens with one attached hydrogen (secondary N) is 2. The number of rotatable bonds is 9. The van der Waals surface area contributed by atoms with Gasteiger partial charge in [0, 0.05) is 0 Å². The Labute approximate surface area is 127 Å². The van der Waals surface area contributed by atoms with Gasteiger partial charge in [-0.1, -0.05) is 0 Å². The second-order valence-electron chi connectivity index (χ2n) is 3.83. The van der Waals surface area contributed by atoms with Crippen molar-refractivity contribution in [3.05, 3.63) is 0 Å². The molecule has 2 amide bonds. The first kappa shape index (κ1) is 19.5. The molecule has 0 saturated heterocycles. The number of amides is 2. The van der Waals surface area contributed by atoms with E-state index in [9.17, 15) is 19.2 Å². The highest BCUT2D eigenvalue weighted by atomic mass is 16.6. The lowest BCUT2D eigenvalue weighted by atomic mass is 10.2. The molecule has 1 unspecified atom stereocenters. The van der Waals surface area contributed by atoms with E-state index in [0.717, 1.165) is 0 Å². The van der Waals surface area contributed by atoms with E-state index < -0.39 is 36.6 Å². The van der Waals surface area contributed by atoms with Crippen molar-refractivity contribution < 1.29 is 38.5 Å². The fourth-order valence-electron chi connectivity index (χ4n) is 1.24. The zero-order chi connectivity index (χ0) is 17.0. The first-order valence-electron chi connectivity index (χ1n) is 6.63. The Bertz CT molecular complexity index is 399. The normalized spacial score (nSPS) is 11.0. The van der Waals surface area contributed by atoms with Crippen molar-refractivity contribution in [2.75, 3.05) is 26.4 Å². The molecule has 0 aliphatic heterocycles. The van der Waals surface area contributed by atoms with Crippen LogP contribution in [0.1, 0.15) is 20.3 Å². The largest absolute Gasteiger partial charge is 0.480 e. The topological polar surface area (TPSA) is 140 Å². The van der Waals surface area contributed by atoms with Crippen LogP contribution in [0.2, 0.25) is 0 Å². The zero-order valence-corrected chi connectivity index (χ0v) is 12.4. The summed E-state index contributed by atoms with van der Waals surface area (Å²) in [4.78, 5) is 44.4. The van der Waals surface area contributed by atoms with Gasteiger partial charge < -0.3 is 30.0 Å². The molecule has 10 nitrogen and oxygen atoms in total. The van der Waals surface area contributed by atoms with E-state index >= 15 is 0 Å².